The quantitative estimate of drug-likeness (QED) is 0.730. The molecule has 4 nitrogen and oxygen atoms in total. The van der Waals surface area contributed by atoms with E-state index in [4.69, 9.17) is 0 Å². The van der Waals surface area contributed by atoms with Crippen LogP contribution < -0.4 is 5.32 Å². The van der Waals surface area contributed by atoms with Crippen molar-refractivity contribution in [2.45, 2.75) is 18.9 Å². The molecule has 0 unspecified atom stereocenters. The average Bonchev–Trinajstić information content (AvgIpc) is 2.59. The highest BCUT2D eigenvalue weighted by molar-refractivity contribution is 5.85. The summed E-state index contributed by atoms with van der Waals surface area (Å²) < 4.78 is 0. The molecule has 0 saturated carbocycles. The number of rotatable bonds is 1. The van der Waals surface area contributed by atoms with Gasteiger partial charge in [-0.3, -0.25) is 5.10 Å². The van der Waals surface area contributed by atoms with Crippen LogP contribution in [-0.4, -0.2) is 21.7 Å². The molecule has 6 heteroatoms. The molecule has 0 amide bonds. The van der Waals surface area contributed by atoms with E-state index in [0.29, 0.717) is 6.04 Å². The highest BCUT2D eigenvalue weighted by Gasteiger charge is 2.17. The molecule has 2 rings (SSSR count). The Morgan fingerprint density at radius 1 is 1.42 bits per heavy atom. The van der Waals surface area contributed by atoms with Gasteiger partial charge in [0.05, 0.1) is 6.04 Å². The monoisotopic (exact) mass is 210 g/mol. The van der Waals surface area contributed by atoms with Gasteiger partial charge in [-0.25, -0.2) is 4.98 Å². The Hall–Kier alpha value is -0.320. The van der Waals surface area contributed by atoms with Gasteiger partial charge in [0, 0.05) is 0 Å². The van der Waals surface area contributed by atoms with E-state index in [9.17, 15) is 0 Å². The number of aromatic amines is 1. The van der Waals surface area contributed by atoms with Crippen molar-refractivity contribution in [1.82, 2.24) is 20.5 Å². The van der Waals surface area contributed by atoms with Crippen LogP contribution in [0, 0.1) is 0 Å². The molecular weight excluding hydrogens is 199 g/mol. The number of H-pyrrole nitrogens is 1. The van der Waals surface area contributed by atoms with Crippen molar-refractivity contribution in [1.29, 1.82) is 0 Å². The van der Waals surface area contributed by atoms with E-state index >= 15 is 0 Å². The highest BCUT2D eigenvalue weighted by atomic mass is 35.5. The number of nitrogens with zero attached hydrogens (tertiary/aromatic N) is 2. The molecule has 1 aromatic heterocycles. The normalized spacial score (nSPS) is 21.2. The van der Waals surface area contributed by atoms with E-state index in [1.54, 1.807) is 6.33 Å². The van der Waals surface area contributed by atoms with Gasteiger partial charge in [-0.2, -0.15) is 5.10 Å². The Morgan fingerprint density at radius 3 is 2.75 bits per heavy atom. The molecule has 0 bridgehead atoms. The molecule has 70 valence electrons. The van der Waals surface area contributed by atoms with Crippen LogP contribution >= 0.6 is 24.8 Å². The molecule has 0 radical (unpaired) electrons. The molecule has 1 aromatic rings. The Morgan fingerprint density at radius 2 is 2.25 bits per heavy atom. The smallest absolute Gasteiger partial charge is 0.141 e. The van der Waals surface area contributed by atoms with Crippen molar-refractivity contribution in [2.24, 2.45) is 0 Å². The first-order chi connectivity index (χ1) is 4.97. The third-order valence-electron chi connectivity index (χ3n) is 1.82. The maximum atomic E-state index is 4.07. The molecule has 2 heterocycles. The van der Waals surface area contributed by atoms with E-state index in [0.717, 1.165) is 12.4 Å². The minimum atomic E-state index is 0. The summed E-state index contributed by atoms with van der Waals surface area (Å²) in [7, 11) is 0. The minimum absolute atomic E-state index is 0. The summed E-state index contributed by atoms with van der Waals surface area (Å²) in [4.78, 5) is 4.07. The summed E-state index contributed by atoms with van der Waals surface area (Å²) in [5, 5.41) is 9.97. The third-order valence-corrected chi connectivity index (χ3v) is 1.82. The van der Waals surface area contributed by atoms with Gasteiger partial charge in [-0.1, -0.05) is 0 Å². The molecule has 1 aliphatic heterocycles. The van der Waals surface area contributed by atoms with Crippen LogP contribution in [-0.2, 0) is 0 Å². The molecular formula is C6H12Cl2N4. The molecule has 12 heavy (non-hydrogen) atoms. The van der Waals surface area contributed by atoms with Crippen LogP contribution in [0.5, 0.6) is 0 Å². The van der Waals surface area contributed by atoms with Crippen molar-refractivity contribution in [3.63, 3.8) is 0 Å². The van der Waals surface area contributed by atoms with E-state index in [1.165, 1.54) is 12.8 Å². The first kappa shape index (κ1) is 11.7. The van der Waals surface area contributed by atoms with E-state index < -0.39 is 0 Å². The zero-order valence-corrected chi connectivity index (χ0v) is 8.12. The van der Waals surface area contributed by atoms with E-state index in [1.807, 2.05) is 0 Å². The first-order valence-electron chi connectivity index (χ1n) is 3.55. The van der Waals surface area contributed by atoms with E-state index in [-0.39, 0.29) is 24.8 Å². The molecule has 1 atom stereocenters. The summed E-state index contributed by atoms with van der Waals surface area (Å²) in [5.74, 6) is 0.970. The lowest BCUT2D eigenvalue weighted by atomic mass is 10.2. The fourth-order valence-corrected chi connectivity index (χ4v) is 1.30. The van der Waals surface area contributed by atoms with Crippen molar-refractivity contribution < 1.29 is 0 Å². The second-order valence-corrected chi connectivity index (χ2v) is 2.52. The van der Waals surface area contributed by atoms with Crippen molar-refractivity contribution in [3.8, 4) is 0 Å². The van der Waals surface area contributed by atoms with Gasteiger partial charge < -0.3 is 5.32 Å². The van der Waals surface area contributed by atoms with Gasteiger partial charge in [0.15, 0.2) is 0 Å². The fourth-order valence-electron chi connectivity index (χ4n) is 1.30. The molecule has 0 spiro atoms. The first-order valence-corrected chi connectivity index (χ1v) is 3.55. The summed E-state index contributed by atoms with van der Waals surface area (Å²) in [6, 6.07) is 0.419. The number of halogens is 2. The Bertz CT molecular complexity index is 195. The van der Waals surface area contributed by atoms with Crippen LogP contribution in [0.4, 0.5) is 0 Å². The number of aromatic nitrogens is 3. The highest BCUT2D eigenvalue weighted by Crippen LogP contribution is 2.18. The van der Waals surface area contributed by atoms with Gasteiger partial charge in [0.1, 0.15) is 12.2 Å². The summed E-state index contributed by atoms with van der Waals surface area (Å²) in [6.45, 7) is 1.10. The number of hydrogen-bond acceptors (Lipinski definition) is 3. The number of hydrogen-bond donors (Lipinski definition) is 2. The Labute approximate surface area is 83.4 Å². The molecule has 1 saturated heterocycles. The zero-order valence-electron chi connectivity index (χ0n) is 6.49. The molecule has 0 aliphatic carbocycles. The zero-order chi connectivity index (χ0) is 6.81. The summed E-state index contributed by atoms with van der Waals surface area (Å²) >= 11 is 0. The second-order valence-electron chi connectivity index (χ2n) is 2.52. The lowest BCUT2D eigenvalue weighted by Gasteiger charge is -2.03. The minimum Gasteiger partial charge on any atom is -0.307 e. The largest absolute Gasteiger partial charge is 0.307 e. The Kier molecular flexibility index (Phi) is 5.20. The van der Waals surface area contributed by atoms with Crippen LogP contribution in [0.2, 0.25) is 0 Å². The standard InChI is InChI=1S/C6H10N4.2ClH/c1-2-5(7-3-1)6-8-4-9-10-6;;/h4-5,7H,1-3H2,(H,8,9,10);2*1H/t5-;;/m0../s1. The van der Waals surface area contributed by atoms with Crippen LogP contribution in [0.1, 0.15) is 24.7 Å². The fraction of sp³-hybridized carbons (Fsp3) is 0.667. The van der Waals surface area contributed by atoms with Gasteiger partial charge in [-0.05, 0) is 19.4 Å². The van der Waals surface area contributed by atoms with Gasteiger partial charge in [-0.15, -0.1) is 24.8 Å². The summed E-state index contributed by atoms with van der Waals surface area (Å²) in [5.41, 5.74) is 0. The maximum absolute atomic E-state index is 4.07. The average molecular weight is 211 g/mol. The lowest BCUT2D eigenvalue weighted by molar-refractivity contribution is 0.608. The van der Waals surface area contributed by atoms with Gasteiger partial charge in [0.2, 0.25) is 0 Å². The van der Waals surface area contributed by atoms with Crippen molar-refractivity contribution >= 4 is 24.8 Å². The second kappa shape index (κ2) is 5.35. The van der Waals surface area contributed by atoms with Crippen LogP contribution in [0.3, 0.4) is 0 Å². The van der Waals surface area contributed by atoms with Crippen molar-refractivity contribution in [2.75, 3.05) is 6.54 Å². The number of nitrogens with one attached hydrogen (secondary N) is 2. The van der Waals surface area contributed by atoms with Gasteiger partial charge in [0.25, 0.3) is 0 Å². The maximum Gasteiger partial charge on any atom is 0.141 e. The third kappa shape index (κ3) is 2.33. The Balaban J connectivity index is 0.000000605. The van der Waals surface area contributed by atoms with Crippen LogP contribution in [0.25, 0.3) is 0 Å². The molecule has 1 fully saturated rings. The topological polar surface area (TPSA) is 53.6 Å². The molecule has 0 aromatic carbocycles. The molecule has 2 N–H and O–H groups in total. The predicted molar refractivity (Wildman–Crippen MR) is 50.9 cm³/mol. The lowest BCUT2D eigenvalue weighted by Crippen LogP contribution is -2.14. The predicted octanol–water partition coefficient (Wildman–Crippen LogP) is 1.07. The van der Waals surface area contributed by atoms with Gasteiger partial charge >= 0.3 is 0 Å². The summed E-state index contributed by atoms with van der Waals surface area (Å²) in [6.07, 6.45) is 3.97. The SMILES string of the molecule is Cl.Cl.c1n[nH]c([C@@H]2CCCN2)n1. The van der Waals surface area contributed by atoms with Crippen LogP contribution in [0.15, 0.2) is 6.33 Å². The van der Waals surface area contributed by atoms with E-state index in [2.05, 4.69) is 20.5 Å². The van der Waals surface area contributed by atoms with Crippen molar-refractivity contribution in [3.05, 3.63) is 12.2 Å². The molecule has 1 aliphatic rings.